The summed E-state index contributed by atoms with van der Waals surface area (Å²) in [6, 6.07) is 0. The van der Waals surface area contributed by atoms with Crippen molar-refractivity contribution >= 4 is 11.6 Å². The Bertz CT molecular complexity index is 198. The third-order valence-electron chi connectivity index (χ3n) is 2.65. The van der Waals surface area contributed by atoms with Gasteiger partial charge in [-0.3, -0.25) is 9.59 Å². The fourth-order valence-electron chi connectivity index (χ4n) is 1.85. The van der Waals surface area contributed by atoms with Gasteiger partial charge in [-0.1, -0.05) is 0 Å². The minimum Gasteiger partial charge on any atom is -0.311 e. The van der Waals surface area contributed by atoms with Gasteiger partial charge in [-0.25, -0.2) is 0 Å². The molecule has 2 fully saturated rings. The van der Waals surface area contributed by atoms with E-state index in [2.05, 4.69) is 5.32 Å². The largest absolute Gasteiger partial charge is 0.311 e. The van der Waals surface area contributed by atoms with Gasteiger partial charge >= 0.3 is 0 Å². The summed E-state index contributed by atoms with van der Waals surface area (Å²) < 4.78 is 0. The number of carbonyl (C=O) groups excluding carboxylic acids is 2. The van der Waals surface area contributed by atoms with Crippen molar-refractivity contribution < 1.29 is 9.59 Å². The van der Waals surface area contributed by atoms with Crippen LogP contribution in [0.4, 0.5) is 0 Å². The highest BCUT2D eigenvalue weighted by Crippen LogP contribution is 2.37. The summed E-state index contributed by atoms with van der Waals surface area (Å²) >= 11 is 0. The lowest BCUT2D eigenvalue weighted by Crippen LogP contribution is -2.34. The molecule has 0 amide bonds. The minimum atomic E-state index is -0.639. The van der Waals surface area contributed by atoms with Crippen molar-refractivity contribution in [3.05, 3.63) is 6.54 Å². The maximum atomic E-state index is 11.3. The first kappa shape index (κ1) is 6.98. The molecule has 11 heavy (non-hydrogen) atoms. The fourth-order valence-corrected chi connectivity index (χ4v) is 1.85. The topological polar surface area (TPSA) is 46.2 Å². The van der Waals surface area contributed by atoms with Gasteiger partial charge in [0.05, 0.1) is 0 Å². The lowest BCUT2D eigenvalue weighted by Gasteiger charge is -2.16. The fraction of sp³-hybridized carbons (Fsp3) is 0.625. The molecule has 2 rings (SSSR count). The lowest BCUT2D eigenvalue weighted by atomic mass is 9.84. The second kappa shape index (κ2) is 2.14. The van der Waals surface area contributed by atoms with Crippen LogP contribution in [0.25, 0.3) is 0 Å². The molecule has 2 aliphatic rings. The van der Waals surface area contributed by atoms with Gasteiger partial charge < -0.3 is 5.32 Å². The highest BCUT2D eigenvalue weighted by Gasteiger charge is 2.50. The standard InChI is InChI=1S/C8H10NO2/c10-6-1-2-7(11)8(6)3-4-9-5-8/h4,9H,1-3,5H2. The Morgan fingerprint density at radius 3 is 2.36 bits per heavy atom. The average Bonchev–Trinajstić information content (AvgIpc) is 2.56. The molecule has 59 valence electrons. The maximum Gasteiger partial charge on any atom is 0.148 e. The maximum absolute atomic E-state index is 11.3. The predicted octanol–water partition coefficient (Wildman–Crippen LogP) is 0.0599. The van der Waals surface area contributed by atoms with E-state index in [0.717, 1.165) is 0 Å². The van der Waals surface area contributed by atoms with Crippen LogP contribution in [0.3, 0.4) is 0 Å². The molecule has 1 saturated heterocycles. The molecule has 0 aromatic carbocycles. The predicted molar refractivity (Wildman–Crippen MR) is 38.6 cm³/mol. The molecular formula is C8H10NO2. The molecule has 3 nitrogen and oxygen atoms in total. The Morgan fingerprint density at radius 2 is 1.91 bits per heavy atom. The summed E-state index contributed by atoms with van der Waals surface area (Å²) in [5.41, 5.74) is -0.639. The summed E-state index contributed by atoms with van der Waals surface area (Å²) in [6.07, 6.45) is 1.51. The van der Waals surface area contributed by atoms with E-state index in [4.69, 9.17) is 0 Å². The highest BCUT2D eigenvalue weighted by molar-refractivity contribution is 6.13. The van der Waals surface area contributed by atoms with Crippen molar-refractivity contribution in [2.75, 3.05) is 6.54 Å². The monoisotopic (exact) mass is 152 g/mol. The van der Waals surface area contributed by atoms with E-state index in [1.165, 1.54) is 0 Å². The Hall–Kier alpha value is -0.700. The molecule has 1 spiro atoms. The zero-order chi connectivity index (χ0) is 7.90. The van der Waals surface area contributed by atoms with E-state index in [1.807, 2.05) is 6.54 Å². The van der Waals surface area contributed by atoms with Gasteiger partial charge in [0.1, 0.15) is 17.0 Å². The zero-order valence-corrected chi connectivity index (χ0v) is 6.22. The van der Waals surface area contributed by atoms with Crippen molar-refractivity contribution in [3.8, 4) is 0 Å². The minimum absolute atomic E-state index is 0.128. The molecule has 0 bridgehead atoms. The molecule has 0 aromatic heterocycles. The third-order valence-corrected chi connectivity index (χ3v) is 2.65. The van der Waals surface area contributed by atoms with Crippen LogP contribution in [0.1, 0.15) is 19.3 Å². The van der Waals surface area contributed by atoms with Crippen molar-refractivity contribution in [2.24, 2.45) is 5.41 Å². The molecule has 1 heterocycles. The number of Topliss-reactive ketones (excluding diaryl/α,β-unsaturated/α-hetero) is 2. The van der Waals surface area contributed by atoms with Crippen LogP contribution in [0.15, 0.2) is 0 Å². The van der Waals surface area contributed by atoms with Gasteiger partial charge in [0.25, 0.3) is 0 Å². The second-order valence-corrected chi connectivity index (χ2v) is 3.22. The van der Waals surface area contributed by atoms with E-state index in [9.17, 15) is 9.59 Å². The first-order valence-electron chi connectivity index (χ1n) is 3.87. The van der Waals surface area contributed by atoms with E-state index in [-0.39, 0.29) is 11.6 Å². The molecule has 0 unspecified atom stereocenters. The van der Waals surface area contributed by atoms with Crippen molar-refractivity contribution in [1.82, 2.24) is 5.32 Å². The van der Waals surface area contributed by atoms with Gasteiger partial charge in [-0.05, 0) is 6.42 Å². The van der Waals surface area contributed by atoms with Crippen LogP contribution >= 0.6 is 0 Å². The normalized spacial score (nSPS) is 28.7. The first-order chi connectivity index (χ1) is 5.26. The summed E-state index contributed by atoms with van der Waals surface area (Å²) in [5.74, 6) is 0.257. The smallest absolute Gasteiger partial charge is 0.148 e. The summed E-state index contributed by atoms with van der Waals surface area (Å²) in [4.78, 5) is 22.7. The SMILES string of the molecule is O=C1CCC(=O)C12C[CH]NC2. The summed E-state index contributed by atoms with van der Waals surface area (Å²) in [5, 5.41) is 2.95. The number of carbonyl (C=O) groups is 2. The zero-order valence-electron chi connectivity index (χ0n) is 6.22. The van der Waals surface area contributed by atoms with Gasteiger partial charge in [-0.2, -0.15) is 0 Å². The number of rotatable bonds is 0. The van der Waals surface area contributed by atoms with Crippen molar-refractivity contribution in [3.63, 3.8) is 0 Å². The van der Waals surface area contributed by atoms with Crippen LogP contribution in [0.2, 0.25) is 0 Å². The lowest BCUT2D eigenvalue weighted by molar-refractivity contribution is -0.133. The van der Waals surface area contributed by atoms with Crippen LogP contribution < -0.4 is 5.32 Å². The Balaban J connectivity index is 2.33. The molecule has 0 atom stereocenters. The molecule has 0 aromatic rings. The van der Waals surface area contributed by atoms with Crippen molar-refractivity contribution in [2.45, 2.75) is 19.3 Å². The van der Waals surface area contributed by atoms with E-state index < -0.39 is 5.41 Å². The molecule has 3 heteroatoms. The number of hydrogen-bond donors (Lipinski definition) is 1. The van der Waals surface area contributed by atoms with Gasteiger partial charge in [-0.15, -0.1) is 0 Å². The summed E-state index contributed by atoms with van der Waals surface area (Å²) in [7, 11) is 0. The van der Waals surface area contributed by atoms with Crippen LogP contribution in [0, 0.1) is 12.0 Å². The van der Waals surface area contributed by atoms with Crippen LogP contribution in [-0.2, 0) is 9.59 Å². The molecule has 1 aliphatic carbocycles. The third kappa shape index (κ3) is 0.774. The molecule has 1 N–H and O–H groups in total. The summed E-state index contributed by atoms with van der Waals surface area (Å²) in [6.45, 7) is 2.35. The average molecular weight is 152 g/mol. The van der Waals surface area contributed by atoms with Crippen LogP contribution in [-0.4, -0.2) is 18.1 Å². The second-order valence-electron chi connectivity index (χ2n) is 3.22. The number of nitrogens with one attached hydrogen (secondary N) is 1. The Kier molecular flexibility index (Phi) is 1.36. The number of hydrogen-bond acceptors (Lipinski definition) is 3. The molecule has 1 saturated carbocycles. The van der Waals surface area contributed by atoms with Crippen molar-refractivity contribution in [1.29, 1.82) is 0 Å². The highest BCUT2D eigenvalue weighted by atomic mass is 16.2. The van der Waals surface area contributed by atoms with E-state index >= 15 is 0 Å². The molecule has 1 radical (unpaired) electrons. The van der Waals surface area contributed by atoms with E-state index in [1.54, 1.807) is 0 Å². The van der Waals surface area contributed by atoms with Crippen LogP contribution in [0.5, 0.6) is 0 Å². The van der Waals surface area contributed by atoms with Gasteiger partial charge in [0.15, 0.2) is 0 Å². The Labute approximate surface area is 65.2 Å². The molecule has 1 aliphatic heterocycles. The van der Waals surface area contributed by atoms with Gasteiger partial charge in [0, 0.05) is 25.9 Å². The molecular weight excluding hydrogens is 142 g/mol. The van der Waals surface area contributed by atoms with E-state index in [0.29, 0.717) is 25.8 Å². The van der Waals surface area contributed by atoms with Gasteiger partial charge in [0.2, 0.25) is 0 Å². The Morgan fingerprint density at radius 1 is 1.27 bits per heavy atom. The number of ketones is 2. The first-order valence-corrected chi connectivity index (χ1v) is 3.87. The quantitative estimate of drug-likeness (QED) is 0.499.